The maximum atomic E-state index is 12.3. The lowest BCUT2D eigenvalue weighted by Gasteiger charge is -2.08. The van der Waals surface area contributed by atoms with Crippen LogP contribution in [0, 0.1) is 17.5 Å². The van der Waals surface area contributed by atoms with Crippen molar-refractivity contribution < 1.29 is 13.2 Å². The standard InChI is InChI=1S/C12H12F3SSi/c1-17(2,3)9-8-10-6-4-5-7-11(10)16-12(13,14)15/h4,6-7H,1-3H3. The number of thioether (sulfide) groups is 1. The molecule has 0 aliphatic heterocycles. The number of benzene rings is 1. The fourth-order valence-electron chi connectivity index (χ4n) is 0.982. The van der Waals surface area contributed by atoms with Crippen molar-refractivity contribution in [3.05, 3.63) is 29.8 Å². The zero-order valence-electron chi connectivity index (χ0n) is 9.77. The topological polar surface area (TPSA) is 0 Å². The maximum absolute atomic E-state index is 12.3. The van der Waals surface area contributed by atoms with Crippen LogP contribution >= 0.6 is 11.8 Å². The molecule has 0 unspecified atom stereocenters. The maximum Gasteiger partial charge on any atom is 0.446 e. The molecule has 1 aromatic rings. The molecule has 0 fully saturated rings. The van der Waals surface area contributed by atoms with Crippen LogP contribution in [0.4, 0.5) is 13.2 Å². The second-order valence-electron chi connectivity index (χ2n) is 4.47. The first-order chi connectivity index (χ1) is 7.67. The normalized spacial score (nSPS) is 11.9. The fraction of sp³-hybridized carbons (Fsp3) is 0.333. The van der Waals surface area contributed by atoms with Crippen molar-refractivity contribution >= 4 is 19.8 Å². The Hall–Kier alpha value is -0.863. The van der Waals surface area contributed by atoms with Crippen molar-refractivity contribution in [2.75, 3.05) is 0 Å². The molecule has 5 heteroatoms. The summed E-state index contributed by atoms with van der Waals surface area (Å²) in [4.78, 5) is 0.116. The minimum atomic E-state index is -4.29. The molecule has 0 bridgehead atoms. The van der Waals surface area contributed by atoms with Crippen LogP contribution in [0.1, 0.15) is 5.56 Å². The molecule has 0 atom stereocenters. The minimum Gasteiger partial charge on any atom is -0.160 e. The Morgan fingerprint density at radius 3 is 2.47 bits per heavy atom. The largest absolute Gasteiger partial charge is 0.446 e. The molecule has 17 heavy (non-hydrogen) atoms. The molecule has 91 valence electrons. The summed E-state index contributed by atoms with van der Waals surface area (Å²) in [7, 11) is -1.58. The van der Waals surface area contributed by atoms with Gasteiger partial charge in [-0.25, -0.2) is 0 Å². The Kier molecular flexibility index (Phi) is 4.34. The predicted molar refractivity (Wildman–Crippen MR) is 67.4 cm³/mol. The molecule has 0 aliphatic rings. The van der Waals surface area contributed by atoms with Crippen LogP contribution in [0.15, 0.2) is 23.1 Å². The van der Waals surface area contributed by atoms with E-state index in [-0.39, 0.29) is 16.7 Å². The van der Waals surface area contributed by atoms with Crippen molar-refractivity contribution in [3.63, 3.8) is 0 Å². The summed E-state index contributed by atoms with van der Waals surface area (Å²) in [5, 5.41) is 0. The van der Waals surface area contributed by atoms with Crippen molar-refractivity contribution in [2.24, 2.45) is 0 Å². The van der Waals surface area contributed by atoms with Gasteiger partial charge in [-0.3, -0.25) is 0 Å². The van der Waals surface area contributed by atoms with Crippen LogP contribution in [0.25, 0.3) is 0 Å². The van der Waals surface area contributed by atoms with Gasteiger partial charge in [0.25, 0.3) is 0 Å². The van der Waals surface area contributed by atoms with Crippen molar-refractivity contribution in [1.82, 2.24) is 0 Å². The molecule has 0 N–H and O–H groups in total. The second-order valence-corrected chi connectivity index (χ2v) is 10.3. The molecule has 0 amide bonds. The van der Waals surface area contributed by atoms with E-state index in [0.717, 1.165) is 0 Å². The van der Waals surface area contributed by atoms with Gasteiger partial charge in [0.1, 0.15) is 8.07 Å². The molecule has 0 aromatic heterocycles. The molecule has 0 saturated heterocycles. The first kappa shape index (κ1) is 14.2. The van der Waals surface area contributed by atoms with Crippen LogP contribution in [0.2, 0.25) is 19.6 Å². The van der Waals surface area contributed by atoms with Crippen LogP contribution in [0.3, 0.4) is 0 Å². The van der Waals surface area contributed by atoms with Gasteiger partial charge >= 0.3 is 5.51 Å². The second kappa shape index (κ2) is 5.19. The molecule has 0 aliphatic carbocycles. The summed E-state index contributed by atoms with van der Waals surface area (Å²) in [6.45, 7) is 6.14. The molecular formula is C12H12F3SSi. The van der Waals surface area contributed by atoms with E-state index in [1.807, 2.05) is 19.6 Å². The lowest BCUT2D eigenvalue weighted by molar-refractivity contribution is -0.0328. The van der Waals surface area contributed by atoms with Gasteiger partial charge in [-0.2, -0.15) is 13.2 Å². The van der Waals surface area contributed by atoms with Crippen LogP contribution in [-0.4, -0.2) is 13.6 Å². The van der Waals surface area contributed by atoms with Gasteiger partial charge < -0.3 is 0 Å². The lowest BCUT2D eigenvalue weighted by Crippen LogP contribution is -2.16. The molecule has 1 rings (SSSR count). The monoisotopic (exact) mass is 273 g/mol. The average Bonchev–Trinajstić information content (AvgIpc) is 2.12. The van der Waals surface area contributed by atoms with Gasteiger partial charge in [0, 0.05) is 10.5 Å². The number of hydrogen-bond acceptors (Lipinski definition) is 1. The summed E-state index contributed by atoms with van der Waals surface area (Å²) in [6.07, 6.45) is 0. The number of hydrogen-bond donors (Lipinski definition) is 0. The van der Waals surface area contributed by atoms with Crippen molar-refractivity contribution in [3.8, 4) is 11.5 Å². The van der Waals surface area contributed by atoms with Crippen molar-refractivity contribution in [2.45, 2.75) is 30.0 Å². The SMILES string of the molecule is C[Si](C)(C)C#Cc1cc[c]cc1SC(F)(F)F. The molecular weight excluding hydrogens is 261 g/mol. The van der Waals surface area contributed by atoms with E-state index in [0.29, 0.717) is 5.56 Å². The number of halogens is 3. The third-order valence-corrected chi connectivity index (χ3v) is 3.29. The van der Waals surface area contributed by atoms with Gasteiger partial charge in [0.05, 0.1) is 0 Å². The molecule has 0 nitrogen and oxygen atoms in total. The summed E-state index contributed by atoms with van der Waals surface area (Å²) in [6, 6.07) is 7.12. The summed E-state index contributed by atoms with van der Waals surface area (Å²) >= 11 is -0.140. The first-order valence-corrected chi connectivity index (χ1v) is 9.28. The van der Waals surface area contributed by atoms with E-state index in [2.05, 4.69) is 17.5 Å². The summed E-state index contributed by atoms with van der Waals surface area (Å²) in [5.41, 5.74) is -0.804. The highest BCUT2D eigenvalue weighted by Crippen LogP contribution is 2.38. The van der Waals surface area contributed by atoms with Gasteiger partial charge in [-0.15, -0.1) is 5.54 Å². The number of alkyl halides is 3. The average molecular weight is 273 g/mol. The van der Waals surface area contributed by atoms with Crippen LogP contribution < -0.4 is 0 Å². The quantitative estimate of drug-likeness (QED) is 0.417. The predicted octanol–water partition coefficient (Wildman–Crippen LogP) is 4.33. The summed E-state index contributed by atoms with van der Waals surface area (Å²) < 4.78 is 36.9. The molecule has 1 radical (unpaired) electrons. The number of rotatable bonds is 1. The first-order valence-electron chi connectivity index (χ1n) is 4.96. The zero-order valence-corrected chi connectivity index (χ0v) is 11.6. The Morgan fingerprint density at radius 1 is 1.29 bits per heavy atom. The van der Waals surface area contributed by atoms with E-state index >= 15 is 0 Å². The molecule has 0 spiro atoms. The third-order valence-electron chi connectivity index (χ3n) is 1.62. The smallest absolute Gasteiger partial charge is 0.160 e. The van der Waals surface area contributed by atoms with Gasteiger partial charge in [-0.05, 0) is 30.0 Å². The van der Waals surface area contributed by atoms with Gasteiger partial charge in [-0.1, -0.05) is 31.6 Å². The van der Waals surface area contributed by atoms with Gasteiger partial charge in [0.15, 0.2) is 0 Å². The van der Waals surface area contributed by atoms with Crippen LogP contribution in [-0.2, 0) is 0 Å². The zero-order chi connectivity index (χ0) is 13.1. The fourth-order valence-corrected chi connectivity index (χ4v) is 2.10. The van der Waals surface area contributed by atoms with E-state index in [9.17, 15) is 13.2 Å². The Morgan fingerprint density at radius 2 is 1.94 bits per heavy atom. The molecule has 0 heterocycles. The Bertz CT molecular complexity index is 449. The summed E-state index contributed by atoms with van der Waals surface area (Å²) in [5.74, 6) is 2.85. The molecule has 0 saturated carbocycles. The van der Waals surface area contributed by atoms with E-state index in [1.54, 1.807) is 12.1 Å². The molecule has 1 aromatic carbocycles. The van der Waals surface area contributed by atoms with E-state index in [4.69, 9.17) is 0 Å². The Labute approximate surface area is 105 Å². The minimum absolute atomic E-state index is 0.116. The van der Waals surface area contributed by atoms with Crippen molar-refractivity contribution in [1.29, 1.82) is 0 Å². The third kappa shape index (κ3) is 5.85. The highest BCUT2D eigenvalue weighted by Gasteiger charge is 2.30. The lowest BCUT2D eigenvalue weighted by atomic mass is 10.2. The van der Waals surface area contributed by atoms with Gasteiger partial charge in [0.2, 0.25) is 0 Å². The van der Waals surface area contributed by atoms with Crippen LogP contribution in [0.5, 0.6) is 0 Å². The van der Waals surface area contributed by atoms with E-state index in [1.165, 1.54) is 6.07 Å². The highest BCUT2D eigenvalue weighted by molar-refractivity contribution is 8.00. The Balaban J connectivity index is 3.04. The van der Waals surface area contributed by atoms with E-state index < -0.39 is 13.6 Å². The highest BCUT2D eigenvalue weighted by atomic mass is 32.2.